The number of rotatable bonds is 5. The molecule has 0 saturated carbocycles. The van der Waals surface area contributed by atoms with Crippen LogP contribution in [-0.4, -0.2) is 35.4 Å². The largest absolute Gasteiger partial charge is 0.480 e. The van der Waals surface area contributed by atoms with E-state index in [1.165, 1.54) is 19.2 Å². The summed E-state index contributed by atoms with van der Waals surface area (Å²) in [6.45, 7) is 2.69. The van der Waals surface area contributed by atoms with Crippen LogP contribution >= 0.6 is 0 Å². The molecule has 0 aromatic rings. The van der Waals surface area contributed by atoms with E-state index < -0.39 is 36.2 Å². The number of nitrogens with one attached hydrogen (secondary N) is 1. The highest BCUT2D eigenvalue weighted by Crippen LogP contribution is 2.23. The van der Waals surface area contributed by atoms with E-state index in [0.717, 1.165) is 0 Å². The van der Waals surface area contributed by atoms with Crippen LogP contribution in [-0.2, 0) is 9.59 Å². The highest BCUT2D eigenvalue weighted by Gasteiger charge is 2.50. The van der Waals surface area contributed by atoms with Crippen LogP contribution in [0, 0.1) is 5.92 Å². The topological polar surface area (TPSA) is 66.4 Å². The Hall–Kier alpha value is -1.34. The molecule has 0 aliphatic rings. The minimum absolute atomic E-state index is 0.699. The Morgan fingerprint density at radius 1 is 1.25 bits per heavy atom. The molecule has 0 rings (SSSR count). The zero-order valence-electron chi connectivity index (χ0n) is 8.51. The molecule has 0 aromatic heterocycles. The van der Waals surface area contributed by atoms with Gasteiger partial charge < -0.3 is 10.4 Å². The maximum atomic E-state index is 12.5. The van der Waals surface area contributed by atoms with Gasteiger partial charge >= 0.3 is 18.3 Å². The van der Waals surface area contributed by atoms with Crippen molar-refractivity contribution in [2.45, 2.75) is 32.2 Å². The number of aliphatic carboxylic acids is 1. The molecule has 0 radical (unpaired) electrons. The van der Waals surface area contributed by atoms with E-state index in [2.05, 4.69) is 0 Å². The molecule has 4 nitrogen and oxygen atoms in total. The average Bonchev–Trinajstić information content (AvgIpc) is 2.11. The molecule has 0 spiro atoms. The lowest BCUT2D eigenvalue weighted by molar-refractivity contribution is -0.172. The summed E-state index contributed by atoms with van der Waals surface area (Å²) in [5, 5.41) is 9.92. The third-order valence-electron chi connectivity index (χ3n) is 1.80. The van der Waals surface area contributed by atoms with Gasteiger partial charge in [-0.1, -0.05) is 13.8 Å². The molecule has 0 heterocycles. The summed E-state index contributed by atoms with van der Waals surface area (Å²) >= 11 is 0. The van der Waals surface area contributed by atoms with E-state index >= 15 is 0 Å². The summed E-state index contributed by atoms with van der Waals surface area (Å²) < 4.78 is 48.5. The quantitative estimate of drug-likeness (QED) is 0.713. The van der Waals surface area contributed by atoms with E-state index in [9.17, 15) is 27.2 Å². The zero-order valence-corrected chi connectivity index (χ0v) is 8.51. The molecular formula is C8H11F4NO3. The van der Waals surface area contributed by atoms with Crippen molar-refractivity contribution in [1.82, 2.24) is 5.32 Å². The Kier molecular flexibility index (Phi) is 4.70. The normalized spacial score (nSPS) is 14.0. The zero-order chi connectivity index (χ0) is 13.1. The molecule has 0 aliphatic carbocycles. The van der Waals surface area contributed by atoms with Crippen molar-refractivity contribution in [2.24, 2.45) is 5.92 Å². The van der Waals surface area contributed by atoms with Crippen molar-refractivity contribution in [3.63, 3.8) is 0 Å². The van der Waals surface area contributed by atoms with Crippen LogP contribution in [0.15, 0.2) is 0 Å². The first-order chi connectivity index (χ1) is 7.10. The van der Waals surface area contributed by atoms with Gasteiger partial charge in [-0.2, -0.15) is 8.78 Å². The molecule has 0 bridgehead atoms. The van der Waals surface area contributed by atoms with Gasteiger partial charge in [0.2, 0.25) is 0 Å². The molecule has 0 aromatic carbocycles. The summed E-state index contributed by atoms with van der Waals surface area (Å²) in [7, 11) is 0. The summed E-state index contributed by atoms with van der Waals surface area (Å²) in [5.74, 6) is -9.44. The predicted octanol–water partition coefficient (Wildman–Crippen LogP) is 1.11. The number of hydrogen-bond acceptors (Lipinski definition) is 2. The predicted molar refractivity (Wildman–Crippen MR) is 45.4 cm³/mol. The van der Waals surface area contributed by atoms with E-state index in [4.69, 9.17) is 5.11 Å². The third-order valence-corrected chi connectivity index (χ3v) is 1.80. The van der Waals surface area contributed by atoms with Gasteiger partial charge in [-0.3, -0.25) is 4.79 Å². The van der Waals surface area contributed by atoms with Crippen molar-refractivity contribution < 1.29 is 32.3 Å². The molecule has 0 saturated heterocycles. The number of carboxylic acid groups (broad SMARTS) is 1. The molecule has 0 aliphatic heterocycles. The Labute approximate surface area is 88.6 Å². The third kappa shape index (κ3) is 3.35. The minimum atomic E-state index is -4.89. The fraction of sp³-hybridized carbons (Fsp3) is 0.750. The van der Waals surface area contributed by atoms with Crippen molar-refractivity contribution in [1.29, 1.82) is 0 Å². The van der Waals surface area contributed by atoms with Crippen LogP contribution in [0.3, 0.4) is 0 Å². The highest BCUT2D eigenvalue weighted by molar-refractivity contribution is 5.88. The summed E-state index contributed by atoms with van der Waals surface area (Å²) in [4.78, 5) is 21.2. The summed E-state index contributed by atoms with van der Waals surface area (Å²) in [6, 6.07) is -1.63. The van der Waals surface area contributed by atoms with Gasteiger partial charge in [0.15, 0.2) is 0 Å². The van der Waals surface area contributed by atoms with Gasteiger partial charge in [-0.15, -0.1) is 0 Å². The number of carboxylic acids is 1. The van der Waals surface area contributed by atoms with E-state index in [-0.39, 0.29) is 0 Å². The molecule has 16 heavy (non-hydrogen) atoms. The number of carbonyl (C=O) groups excluding carboxylic acids is 1. The molecule has 8 heteroatoms. The van der Waals surface area contributed by atoms with Gasteiger partial charge in [-0.25, -0.2) is 13.6 Å². The smallest absolute Gasteiger partial charge is 0.383 e. The second-order valence-electron chi connectivity index (χ2n) is 3.46. The van der Waals surface area contributed by atoms with Gasteiger partial charge in [-0.05, 0) is 5.92 Å². The van der Waals surface area contributed by atoms with Crippen LogP contribution < -0.4 is 5.32 Å². The molecule has 0 unspecified atom stereocenters. The molecule has 0 fully saturated rings. The molecule has 2 N–H and O–H groups in total. The number of carbonyl (C=O) groups is 2. The Balaban J connectivity index is 4.72. The Morgan fingerprint density at radius 3 is 1.94 bits per heavy atom. The van der Waals surface area contributed by atoms with Crippen molar-refractivity contribution in [2.75, 3.05) is 0 Å². The van der Waals surface area contributed by atoms with Crippen LogP contribution in [0.5, 0.6) is 0 Å². The van der Waals surface area contributed by atoms with Crippen LogP contribution in [0.25, 0.3) is 0 Å². The van der Waals surface area contributed by atoms with Gasteiger partial charge in [0.1, 0.15) is 6.04 Å². The molecule has 1 atom stereocenters. The first kappa shape index (κ1) is 14.7. The standard InChI is InChI=1S/C8H11F4NO3/c1-3(2)4(5(14)15)13-7(16)8(11,12)6(9)10/h3-4,6H,1-2H3,(H,13,16)(H,14,15)/t4-/m0/s1. The van der Waals surface area contributed by atoms with Crippen molar-refractivity contribution in [3.05, 3.63) is 0 Å². The maximum absolute atomic E-state index is 12.5. The van der Waals surface area contributed by atoms with E-state index in [1.54, 1.807) is 0 Å². The van der Waals surface area contributed by atoms with Gasteiger partial charge in [0, 0.05) is 0 Å². The van der Waals surface area contributed by atoms with Crippen LogP contribution in [0.2, 0.25) is 0 Å². The molecule has 94 valence electrons. The van der Waals surface area contributed by atoms with Crippen molar-refractivity contribution >= 4 is 11.9 Å². The van der Waals surface area contributed by atoms with E-state index in [0.29, 0.717) is 0 Å². The number of halogens is 4. The SMILES string of the molecule is CC(C)[C@H](NC(=O)C(F)(F)C(F)F)C(=O)O. The number of amides is 1. The molecule has 1 amide bonds. The second kappa shape index (κ2) is 5.13. The lowest BCUT2D eigenvalue weighted by Crippen LogP contribution is -2.53. The fourth-order valence-electron chi connectivity index (χ4n) is 0.850. The van der Waals surface area contributed by atoms with Crippen LogP contribution in [0.4, 0.5) is 17.6 Å². The first-order valence-corrected chi connectivity index (χ1v) is 4.30. The lowest BCUT2D eigenvalue weighted by Gasteiger charge is -2.21. The fourth-order valence-corrected chi connectivity index (χ4v) is 0.850. The highest BCUT2D eigenvalue weighted by atomic mass is 19.3. The average molecular weight is 245 g/mol. The van der Waals surface area contributed by atoms with Gasteiger partial charge in [0.25, 0.3) is 5.91 Å². The molecular weight excluding hydrogens is 234 g/mol. The first-order valence-electron chi connectivity index (χ1n) is 4.30. The number of hydrogen-bond donors (Lipinski definition) is 2. The monoisotopic (exact) mass is 245 g/mol. The Morgan fingerprint density at radius 2 is 1.69 bits per heavy atom. The summed E-state index contributed by atoms with van der Waals surface area (Å²) in [6.07, 6.45) is -4.17. The van der Waals surface area contributed by atoms with Crippen LogP contribution in [0.1, 0.15) is 13.8 Å². The second-order valence-corrected chi connectivity index (χ2v) is 3.46. The van der Waals surface area contributed by atoms with Crippen molar-refractivity contribution in [3.8, 4) is 0 Å². The number of alkyl halides is 4. The minimum Gasteiger partial charge on any atom is -0.480 e. The maximum Gasteiger partial charge on any atom is 0.383 e. The van der Waals surface area contributed by atoms with Gasteiger partial charge in [0.05, 0.1) is 0 Å². The summed E-state index contributed by atoms with van der Waals surface area (Å²) in [5.41, 5.74) is 0. The lowest BCUT2D eigenvalue weighted by atomic mass is 10.0. The Bertz CT molecular complexity index is 280. The van der Waals surface area contributed by atoms with E-state index in [1.807, 2.05) is 0 Å².